The van der Waals surface area contributed by atoms with Crippen LogP contribution in [-0.2, 0) is 0 Å². The third-order valence-electron chi connectivity index (χ3n) is 6.45. The number of hydrogen-bond donors (Lipinski definition) is 1. The number of piperazine rings is 1. The van der Waals surface area contributed by atoms with E-state index < -0.39 is 0 Å². The Hall–Kier alpha value is -0.120. The van der Waals surface area contributed by atoms with Crippen molar-refractivity contribution in [2.45, 2.75) is 38.1 Å². The summed E-state index contributed by atoms with van der Waals surface area (Å²) in [5.41, 5.74) is 5.68. The Morgan fingerprint density at radius 1 is 0.789 bits per heavy atom. The van der Waals surface area contributed by atoms with Gasteiger partial charge in [-0.05, 0) is 55.8 Å². The summed E-state index contributed by atoms with van der Waals surface area (Å²) >= 11 is 0. The highest BCUT2D eigenvalue weighted by Gasteiger charge is 2.50. The molecular formula is C16H29N3. The van der Waals surface area contributed by atoms with Crippen molar-refractivity contribution in [1.82, 2.24) is 9.80 Å². The zero-order valence-corrected chi connectivity index (χ0v) is 12.1. The molecule has 1 saturated heterocycles. The van der Waals surface area contributed by atoms with Gasteiger partial charge in [-0.3, -0.25) is 9.80 Å². The van der Waals surface area contributed by atoms with Crippen molar-refractivity contribution in [3.05, 3.63) is 0 Å². The molecule has 0 atom stereocenters. The molecule has 0 amide bonds. The van der Waals surface area contributed by atoms with Crippen molar-refractivity contribution in [3.8, 4) is 0 Å². The largest absolute Gasteiger partial charge is 0.329 e. The van der Waals surface area contributed by atoms with Crippen molar-refractivity contribution in [2.24, 2.45) is 29.4 Å². The molecule has 1 heterocycles. The summed E-state index contributed by atoms with van der Waals surface area (Å²) in [5, 5.41) is 0. The van der Waals surface area contributed by atoms with Gasteiger partial charge in [0, 0.05) is 45.3 Å². The maximum atomic E-state index is 5.68. The van der Waals surface area contributed by atoms with E-state index in [4.69, 9.17) is 5.73 Å². The van der Waals surface area contributed by atoms with Gasteiger partial charge < -0.3 is 5.73 Å². The van der Waals surface area contributed by atoms with E-state index >= 15 is 0 Å². The fraction of sp³-hybridized carbons (Fsp3) is 1.00. The lowest BCUT2D eigenvalue weighted by Gasteiger charge is -2.58. The molecule has 5 aliphatic rings. The Labute approximate surface area is 117 Å². The third-order valence-corrected chi connectivity index (χ3v) is 6.45. The average molecular weight is 263 g/mol. The summed E-state index contributed by atoms with van der Waals surface area (Å²) in [4.78, 5) is 5.41. The molecule has 108 valence electrons. The molecular weight excluding hydrogens is 234 g/mol. The Balaban J connectivity index is 1.40. The van der Waals surface area contributed by atoms with Crippen LogP contribution in [0.5, 0.6) is 0 Å². The summed E-state index contributed by atoms with van der Waals surface area (Å²) in [5.74, 6) is 4.32. The van der Waals surface area contributed by atoms with Gasteiger partial charge >= 0.3 is 0 Å². The quantitative estimate of drug-likeness (QED) is 0.835. The van der Waals surface area contributed by atoms with E-state index in [0.717, 1.165) is 42.8 Å². The van der Waals surface area contributed by atoms with Gasteiger partial charge in [0.25, 0.3) is 0 Å². The Morgan fingerprint density at radius 2 is 1.37 bits per heavy atom. The van der Waals surface area contributed by atoms with Gasteiger partial charge in [0.2, 0.25) is 0 Å². The molecule has 0 spiro atoms. The van der Waals surface area contributed by atoms with E-state index in [-0.39, 0.29) is 0 Å². The fourth-order valence-electron chi connectivity index (χ4n) is 5.96. The number of nitrogens with zero attached hydrogens (tertiary/aromatic N) is 2. The van der Waals surface area contributed by atoms with E-state index in [1.165, 1.54) is 26.2 Å². The maximum absolute atomic E-state index is 5.68. The summed E-state index contributed by atoms with van der Waals surface area (Å²) in [7, 11) is 0. The molecule has 0 unspecified atom stereocenters. The van der Waals surface area contributed by atoms with E-state index in [0.29, 0.717) is 0 Å². The van der Waals surface area contributed by atoms with Crippen LogP contribution in [0.25, 0.3) is 0 Å². The van der Waals surface area contributed by atoms with Crippen molar-refractivity contribution >= 4 is 0 Å². The second-order valence-corrected chi connectivity index (χ2v) is 7.59. The second-order valence-electron chi connectivity index (χ2n) is 7.59. The van der Waals surface area contributed by atoms with E-state index in [1.807, 2.05) is 0 Å². The zero-order chi connectivity index (χ0) is 12.8. The highest BCUT2D eigenvalue weighted by molar-refractivity contribution is 5.02. The molecule has 1 aliphatic heterocycles. The molecule has 4 bridgehead atoms. The van der Waals surface area contributed by atoms with E-state index in [1.54, 1.807) is 32.1 Å². The summed E-state index contributed by atoms with van der Waals surface area (Å²) < 4.78 is 0. The van der Waals surface area contributed by atoms with Crippen LogP contribution >= 0.6 is 0 Å². The van der Waals surface area contributed by atoms with Crippen LogP contribution in [-0.4, -0.2) is 55.1 Å². The van der Waals surface area contributed by atoms with Gasteiger partial charge in [-0.25, -0.2) is 0 Å². The molecule has 5 rings (SSSR count). The minimum Gasteiger partial charge on any atom is -0.329 e. The van der Waals surface area contributed by atoms with Crippen molar-refractivity contribution in [2.75, 3.05) is 39.3 Å². The van der Waals surface area contributed by atoms with Crippen LogP contribution in [0, 0.1) is 23.7 Å². The van der Waals surface area contributed by atoms with Crippen LogP contribution in [0.1, 0.15) is 32.1 Å². The molecule has 4 aliphatic carbocycles. The van der Waals surface area contributed by atoms with Gasteiger partial charge in [0.1, 0.15) is 0 Å². The lowest BCUT2D eigenvalue weighted by molar-refractivity contribution is -0.0761. The highest BCUT2D eigenvalue weighted by atomic mass is 15.3. The Bertz CT molecular complexity index is 294. The molecule has 0 radical (unpaired) electrons. The van der Waals surface area contributed by atoms with Crippen LogP contribution in [0.4, 0.5) is 0 Å². The van der Waals surface area contributed by atoms with Crippen LogP contribution in [0.2, 0.25) is 0 Å². The minimum absolute atomic E-state index is 0.817. The van der Waals surface area contributed by atoms with E-state index in [2.05, 4.69) is 9.80 Å². The minimum atomic E-state index is 0.817. The number of hydrogen-bond acceptors (Lipinski definition) is 3. The summed E-state index contributed by atoms with van der Waals surface area (Å²) in [6, 6.07) is 0.952. The maximum Gasteiger partial charge on any atom is 0.0153 e. The predicted octanol–water partition coefficient (Wildman–Crippen LogP) is 1.39. The fourth-order valence-corrected chi connectivity index (χ4v) is 5.96. The Kier molecular flexibility index (Phi) is 3.33. The van der Waals surface area contributed by atoms with Gasteiger partial charge in [0.05, 0.1) is 0 Å². The van der Waals surface area contributed by atoms with Gasteiger partial charge in [-0.15, -0.1) is 0 Å². The first-order valence-corrected chi connectivity index (χ1v) is 8.50. The SMILES string of the molecule is NCCN1CCN(C2C3CC4CC(C3)CC2C4)CC1. The van der Waals surface area contributed by atoms with Gasteiger partial charge in [0.15, 0.2) is 0 Å². The van der Waals surface area contributed by atoms with Crippen LogP contribution < -0.4 is 5.73 Å². The molecule has 5 fully saturated rings. The van der Waals surface area contributed by atoms with Gasteiger partial charge in [-0.1, -0.05) is 0 Å². The lowest BCUT2D eigenvalue weighted by atomic mass is 9.54. The molecule has 19 heavy (non-hydrogen) atoms. The molecule has 0 aromatic heterocycles. The molecule has 3 heteroatoms. The van der Waals surface area contributed by atoms with Crippen LogP contribution in [0.3, 0.4) is 0 Å². The molecule has 3 nitrogen and oxygen atoms in total. The monoisotopic (exact) mass is 263 g/mol. The topological polar surface area (TPSA) is 32.5 Å². The van der Waals surface area contributed by atoms with Crippen LogP contribution in [0.15, 0.2) is 0 Å². The smallest absolute Gasteiger partial charge is 0.0153 e. The highest BCUT2D eigenvalue weighted by Crippen LogP contribution is 2.55. The average Bonchev–Trinajstić information content (AvgIpc) is 2.40. The van der Waals surface area contributed by atoms with Gasteiger partial charge in [-0.2, -0.15) is 0 Å². The molecule has 0 aromatic rings. The predicted molar refractivity (Wildman–Crippen MR) is 77.9 cm³/mol. The zero-order valence-electron chi connectivity index (χ0n) is 12.1. The Morgan fingerprint density at radius 3 is 1.89 bits per heavy atom. The molecule has 2 N–H and O–H groups in total. The molecule has 4 saturated carbocycles. The first-order valence-electron chi connectivity index (χ1n) is 8.50. The summed E-state index contributed by atoms with van der Waals surface area (Å²) in [6.45, 7) is 7.01. The van der Waals surface area contributed by atoms with E-state index in [9.17, 15) is 0 Å². The normalized spacial score (nSPS) is 46.9. The standard InChI is InChI=1S/C16H29N3/c17-1-2-18-3-5-19(6-4-18)16-14-8-12-7-13(10-14)11-15(16)9-12/h12-16H,1-11,17H2. The lowest BCUT2D eigenvalue weighted by Crippen LogP contribution is -2.60. The summed E-state index contributed by atoms with van der Waals surface area (Å²) in [6.07, 6.45) is 7.80. The van der Waals surface area contributed by atoms with Crippen molar-refractivity contribution < 1.29 is 0 Å². The first-order chi connectivity index (χ1) is 9.33. The number of nitrogens with two attached hydrogens (primary N) is 1. The molecule has 0 aromatic carbocycles. The van der Waals surface area contributed by atoms with Crippen molar-refractivity contribution in [1.29, 1.82) is 0 Å². The first kappa shape index (κ1) is 12.6. The third kappa shape index (κ3) is 2.24. The number of rotatable bonds is 3. The van der Waals surface area contributed by atoms with Crippen molar-refractivity contribution in [3.63, 3.8) is 0 Å². The second kappa shape index (κ2) is 5.01.